The molecule has 2 heterocycles. The quantitative estimate of drug-likeness (QED) is 0.559. The van der Waals surface area contributed by atoms with Crippen molar-refractivity contribution in [2.75, 3.05) is 13.2 Å². The highest BCUT2D eigenvalue weighted by Gasteiger charge is 2.75. The van der Waals surface area contributed by atoms with E-state index in [0.717, 1.165) is 0 Å². The summed E-state index contributed by atoms with van der Waals surface area (Å²) in [4.78, 5) is 35.2. The van der Waals surface area contributed by atoms with Crippen LogP contribution in [0.2, 0.25) is 0 Å². The summed E-state index contributed by atoms with van der Waals surface area (Å²) in [6, 6.07) is 0. The van der Waals surface area contributed by atoms with E-state index < -0.39 is 27.2 Å². The molecule has 1 saturated carbocycles. The molecule has 3 rings (SSSR count). The number of aromatic amines is 1. The van der Waals surface area contributed by atoms with Gasteiger partial charge in [0.25, 0.3) is 0 Å². The molecule has 1 aliphatic rings. The number of aromatic nitrogens is 4. The van der Waals surface area contributed by atoms with Crippen molar-refractivity contribution in [3.8, 4) is 0 Å². The first-order valence-electron chi connectivity index (χ1n) is 7.71. The van der Waals surface area contributed by atoms with Gasteiger partial charge in [-0.05, 0) is 6.42 Å². The van der Waals surface area contributed by atoms with E-state index in [-0.39, 0.29) is 25.5 Å². The van der Waals surface area contributed by atoms with Gasteiger partial charge in [0.05, 0.1) is 18.1 Å². The number of esters is 2. The van der Waals surface area contributed by atoms with Crippen molar-refractivity contribution in [1.29, 1.82) is 0 Å². The smallest absolute Gasteiger partial charge is 0.302 e. The summed E-state index contributed by atoms with van der Waals surface area (Å²) in [5.74, 6) is -0.859. The minimum atomic E-state index is -1.49. The van der Waals surface area contributed by atoms with Crippen molar-refractivity contribution in [2.45, 2.75) is 35.6 Å². The highest BCUT2D eigenvalue weighted by Crippen LogP contribution is 2.62. The first-order valence-corrected chi connectivity index (χ1v) is 8.47. The van der Waals surface area contributed by atoms with E-state index in [4.69, 9.17) is 38.4 Å². The molecule has 0 bridgehead atoms. The van der Waals surface area contributed by atoms with E-state index in [1.54, 1.807) is 0 Å². The fourth-order valence-corrected chi connectivity index (χ4v) is 3.94. The molecule has 0 spiro atoms. The molecule has 0 aromatic carbocycles. The Hall–Kier alpha value is -1.97. The zero-order valence-electron chi connectivity index (χ0n) is 14.1. The second kappa shape index (κ2) is 6.33. The van der Waals surface area contributed by atoms with Crippen LogP contribution in [-0.2, 0) is 23.9 Å². The van der Waals surface area contributed by atoms with E-state index >= 15 is 0 Å². The molecule has 3 unspecified atom stereocenters. The highest BCUT2D eigenvalue weighted by atomic mass is 35.5. The van der Waals surface area contributed by atoms with Crippen LogP contribution in [0.4, 0.5) is 0 Å². The first-order chi connectivity index (χ1) is 12.1. The SMILES string of the molecule is CC(=O)OCC1(N)CC(Cl)(c2ncc3[nH]cnc3n2)C1(Cl)COC(C)=O. The summed E-state index contributed by atoms with van der Waals surface area (Å²) in [5, 5.41) is 0. The zero-order valence-corrected chi connectivity index (χ0v) is 15.6. The molecule has 0 radical (unpaired) electrons. The fraction of sp³-hybridized carbons (Fsp3) is 0.533. The lowest BCUT2D eigenvalue weighted by Crippen LogP contribution is -2.80. The molecule has 140 valence electrons. The molecule has 3 N–H and O–H groups in total. The van der Waals surface area contributed by atoms with Gasteiger partial charge in [0.15, 0.2) is 11.5 Å². The maximum Gasteiger partial charge on any atom is 0.302 e. The molecule has 1 aliphatic carbocycles. The number of ether oxygens (including phenoxy) is 2. The number of H-pyrrole nitrogens is 1. The van der Waals surface area contributed by atoms with Crippen LogP contribution in [0, 0.1) is 0 Å². The number of hydrogen-bond acceptors (Lipinski definition) is 8. The third-order valence-corrected chi connectivity index (χ3v) is 6.04. The number of imidazole rings is 1. The number of carbonyl (C=O) groups is 2. The van der Waals surface area contributed by atoms with Gasteiger partial charge in [-0.1, -0.05) is 0 Å². The number of fused-ring (bicyclic) bond motifs is 1. The van der Waals surface area contributed by atoms with Gasteiger partial charge in [0.1, 0.15) is 28.5 Å². The molecule has 26 heavy (non-hydrogen) atoms. The second-order valence-electron chi connectivity index (χ2n) is 6.33. The Bertz CT molecular complexity index is 877. The van der Waals surface area contributed by atoms with E-state index in [9.17, 15) is 9.59 Å². The largest absolute Gasteiger partial charge is 0.464 e. The molecule has 0 amide bonds. The Morgan fingerprint density at radius 1 is 1.23 bits per heavy atom. The Morgan fingerprint density at radius 3 is 2.54 bits per heavy atom. The summed E-state index contributed by atoms with van der Waals surface area (Å²) in [6.07, 6.45) is 3.11. The number of halogens is 2. The van der Waals surface area contributed by atoms with E-state index in [1.165, 1.54) is 26.4 Å². The number of nitrogens with zero attached hydrogens (tertiary/aromatic N) is 3. The van der Waals surface area contributed by atoms with Gasteiger partial charge >= 0.3 is 11.9 Å². The standard InChI is InChI=1S/C15H17Cl2N5O4/c1-8(23)25-5-13(18)4-14(16,15(13,17)6-26-9(2)24)12-19-3-10-11(22-12)21-7-20-10/h3,7H,4-6,18H2,1-2H3,(H,19,20,21,22). The van der Waals surface area contributed by atoms with Crippen LogP contribution in [0.15, 0.2) is 12.5 Å². The van der Waals surface area contributed by atoms with E-state index in [2.05, 4.69) is 19.9 Å². The molecule has 9 nitrogen and oxygen atoms in total. The summed E-state index contributed by atoms with van der Waals surface area (Å²) in [5.41, 5.74) is 6.17. The molecule has 0 aliphatic heterocycles. The number of hydrogen-bond donors (Lipinski definition) is 2. The average molecular weight is 402 g/mol. The van der Waals surface area contributed by atoms with Gasteiger partial charge in [-0.2, -0.15) is 0 Å². The van der Waals surface area contributed by atoms with Gasteiger partial charge in [0.2, 0.25) is 0 Å². The number of nitrogens with one attached hydrogen (secondary N) is 1. The second-order valence-corrected chi connectivity index (χ2v) is 7.62. The van der Waals surface area contributed by atoms with Gasteiger partial charge < -0.3 is 20.2 Å². The zero-order chi connectivity index (χ0) is 19.2. The molecular weight excluding hydrogens is 385 g/mol. The van der Waals surface area contributed by atoms with Gasteiger partial charge in [-0.25, -0.2) is 15.0 Å². The number of alkyl halides is 2. The van der Waals surface area contributed by atoms with E-state index in [0.29, 0.717) is 11.2 Å². The summed E-state index contributed by atoms with van der Waals surface area (Å²) >= 11 is 13.6. The molecule has 0 saturated heterocycles. The molecule has 11 heteroatoms. The predicted octanol–water partition coefficient (Wildman–Crippen LogP) is 0.992. The first kappa shape index (κ1) is 18.8. The third kappa shape index (κ3) is 2.80. The lowest BCUT2D eigenvalue weighted by molar-refractivity contribution is -0.152. The Kier molecular flexibility index (Phi) is 4.58. The number of carbonyl (C=O) groups excluding carboxylic acids is 2. The molecular formula is C15H17Cl2N5O4. The fourth-order valence-electron chi connectivity index (χ4n) is 3.04. The minimum absolute atomic E-state index is 0.107. The van der Waals surface area contributed by atoms with Crippen LogP contribution < -0.4 is 5.73 Å². The molecule has 2 aromatic heterocycles. The van der Waals surface area contributed by atoms with Crippen molar-refractivity contribution in [1.82, 2.24) is 19.9 Å². The van der Waals surface area contributed by atoms with Crippen LogP contribution in [0.1, 0.15) is 26.1 Å². The van der Waals surface area contributed by atoms with Crippen LogP contribution in [-0.4, -0.2) is 55.5 Å². The van der Waals surface area contributed by atoms with Crippen molar-refractivity contribution < 1.29 is 19.1 Å². The van der Waals surface area contributed by atoms with Gasteiger partial charge in [0, 0.05) is 13.8 Å². The van der Waals surface area contributed by atoms with Crippen LogP contribution in [0.5, 0.6) is 0 Å². The van der Waals surface area contributed by atoms with Crippen molar-refractivity contribution in [3.05, 3.63) is 18.3 Å². The summed E-state index contributed by atoms with van der Waals surface area (Å²) < 4.78 is 10.1. The van der Waals surface area contributed by atoms with Crippen LogP contribution in [0.3, 0.4) is 0 Å². The third-order valence-electron chi connectivity index (χ3n) is 4.51. The van der Waals surface area contributed by atoms with Crippen LogP contribution >= 0.6 is 23.2 Å². The lowest BCUT2D eigenvalue weighted by Gasteiger charge is -2.61. The lowest BCUT2D eigenvalue weighted by atomic mass is 9.58. The van der Waals surface area contributed by atoms with Gasteiger partial charge in [-0.3, -0.25) is 9.59 Å². The summed E-state index contributed by atoms with van der Waals surface area (Å²) in [7, 11) is 0. The predicted molar refractivity (Wildman–Crippen MR) is 92.6 cm³/mol. The molecule has 2 aromatic rings. The summed E-state index contributed by atoms with van der Waals surface area (Å²) in [6.45, 7) is 2.01. The van der Waals surface area contributed by atoms with Crippen LogP contribution in [0.25, 0.3) is 11.2 Å². The number of rotatable bonds is 5. The molecule has 1 fully saturated rings. The van der Waals surface area contributed by atoms with Crippen molar-refractivity contribution >= 4 is 46.3 Å². The number of nitrogens with two attached hydrogens (primary N) is 1. The normalized spacial score (nSPS) is 30.7. The maximum atomic E-state index is 11.3. The molecule has 3 atom stereocenters. The maximum absolute atomic E-state index is 11.3. The topological polar surface area (TPSA) is 133 Å². The highest BCUT2D eigenvalue weighted by molar-refractivity contribution is 6.37. The Labute approximate surface area is 158 Å². The van der Waals surface area contributed by atoms with Gasteiger partial charge in [-0.15, -0.1) is 23.2 Å². The minimum Gasteiger partial charge on any atom is -0.464 e. The Balaban J connectivity index is 1.98. The average Bonchev–Trinajstić information content (AvgIpc) is 3.05. The van der Waals surface area contributed by atoms with Crippen molar-refractivity contribution in [2.24, 2.45) is 5.73 Å². The Morgan fingerprint density at radius 2 is 1.88 bits per heavy atom. The van der Waals surface area contributed by atoms with E-state index in [1.807, 2.05) is 0 Å². The van der Waals surface area contributed by atoms with Crippen molar-refractivity contribution in [3.63, 3.8) is 0 Å². The monoisotopic (exact) mass is 401 g/mol.